The number of hydrogen-bond acceptors (Lipinski definition) is 2. The molecule has 8 heteroatoms. The molecule has 0 fully saturated rings. The molecule has 24 heavy (non-hydrogen) atoms. The lowest BCUT2D eigenvalue weighted by Crippen LogP contribution is -2.08. The molecule has 0 aliphatic carbocycles. The first-order valence-corrected chi connectivity index (χ1v) is 7.86. The van der Waals surface area contributed by atoms with E-state index in [0.717, 1.165) is 6.20 Å². The van der Waals surface area contributed by atoms with E-state index in [2.05, 4.69) is 0 Å². The lowest BCUT2D eigenvalue weighted by atomic mass is 10.0. The lowest BCUT2D eigenvalue weighted by molar-refractivity contribution is -0.143. The maximum Gasteiger partial charge on any atom is 0.418 e. The van der Waals surface area contributed by atoms with Crippen molar-refractivity contribution in [2.75, 3.05) is 6.61 Å². The first kappa shape index (κ1) is 18.7. The minimum Gasteiger partial charge on any atom is -0.466 e. The summed E-state index contributed by atoms with van der Waals surface area (Å²) in [4.78, 5) is 11.4. The molecule has 0 atom stereocenters. The van der Waals surface area contributed by atoms with Crippen molar-refractivity contribution < 1.29 is 22.7 Å². The van der Waals surface area contributed by atoms with E-state index in [1.165, 1.54) is 29.0 Å². The predicted octanol–water partition coefficient (Wildman–Crippen LogP) is 5.43. The smallest absolute Gasteiger partial charge is 0.418 e. The van der Waals surface area contributed by atoms with Crippen LogP contribution in [-0.2, 0) is 22.3 Å². The summed E-state index contributed by atoms with van der Waals surface area (Å²) in [7, 11) is 0. The Morgan fingerprint density at radius 3 is 2.54 bits per heavy atom. The summed E-state index contributed by atoms with van der Waals surface area (Å²) >= 11 is 11.9. The zero-order valence-corrected chi connectivity index (χ0v) is 14.2. The summed E-state index contributed by atoms with van der Waals surface area (Å²) in [5.74, 6) is -0.470. The molecule has 3 nitrogen and oxygen atoms in total. The number of carbonyl (C=O) groups excluding carboxylic acids is 1. The van der Waals surface area contributed by atoms with E-state index in [0.29, 0.717) is 0 Å². The fraction of sp³-hybridized carbons (Fsp3) is 0.312. The molecule has 1 aromatic heterocycles. The fourth-order valence-electron chi connectivity index (χ4n) is 2.24. The Hall–Kier alpha value is -1.66. The van der Waals surface area contributed by atoms with E-state index in [9.17, 15) is 18.0 Å². The van der Waals surface area contributed by atoms with Crippen molar-refractivity contribution in [1.82, 2.24) is 4.57 Å². The van der Waals surface area contributed by atoms with Crippen LogP contribution in [0.25, 0.3) is 11.1 Å². The van der Waals surface area contributed by atoms with E-state index in [4.69, 9.17) is 27.9 Å². The van der Waals surface area contributed by atoms with Crippen molar-refractivity contribution in [2.24, 2.45) is 0 Å². The standard InChI is InChI=1S/C16H14Cl2F3NO2/c1-2-24-14(23)6-7-22-8-11(12(9-22)16(19,20)21)10-4-3-5-13(17)15(10)18/h3-5,8-9H,2,6-7H2,1H3. The Morgan fingerprint density at radius 2 is 1.92 bits per heavy atom. The topological polar surface area (TPSA) is 31.2 Å². The van der Waals surface area contributed by atoms with Gasteiger partial charge in [-0.3, -0.25) is 4.79 Å². The van der Waals surface area contributed by atoms with Gasteiger partial charge in [-0.25, -0.2) is 0 Å². The highest BCUT2D eigenvalue weighted by molar-refractivity contribution is 6.43. The molecule has 0 amide bonds. The monoisotopic (exact) mass is 379 g/mol. The van der Waals surface area contributed by atoms with Crippen LogP contribution in [0.5, 0.6) is 0 Å². The highest BCUT2D eigenvalue weighted by Crippen LogP contribution is 2.41. The minimum atomic E-state index is -4.56. The van der Waals surface area contributed by atoms with E-state index in [1.807, 2.05) is 0 Å². The summed E-state index contributed by atoms with van der Waals surface area (Å²) in [6.07, 6.45) is -2.33. The second kappa shape index (κ2) is 7.49. The van der Waals surface area contributed by atoms with E-state index < -0.39 is 17.7 Å². The number of rotatable bonds is 5. The number of aromatic nitrogens is 1. The van der Waals surface area contributed by atoms with E-state index in [-0.39, 0.29) is 40.7 Å². The zero-order chi connectivity index (χ0) is 17.9. The number of halogens is 5. The number of nitrogens with zero attached hydrogens (tertiary/aromatic N) is 1. The van der Waals surface area contributed by atoms with Crippen molar-refractivity contribution in [3.63, 3.8) is 0 Å². The minimum absolute atomic E-state index is 0.0253. The van der Waals surface area contributed by atoms with Gasteiger partial charge in [0.05, 0.1) is 28.6 Å². The molecule has 0 radical (unpaired) electrons. The fourth-order valence-corrected chi connectivity index (χ4v) is 2.65. The number of esters is 1. The van der Waals surface area contributed by atoms with Gasteiger partial charge in [-0.05, 0) is 13.0 Å². The molecule has 0 bridgehead atoms. The van der Waals surface area contributed by atoms with Gasteiger partial charge in [-0.15, -0.1) is 0 Å². The number of ether oxygens (including phenoxy) is 1. The third-order valence-corrected chi connectivity index (χ3v) is 4.13. The van der Waals surface area contributed by atoms with Gasteiger partial charge in [-0.1, -0.05) is 35.3 Å². The van der Waals surface area contributed by atoms with Crippen LogP contribution in [-0.4, -0.2) is 17.1 Å². The van der Waals surface area contributed by atoms with Gasteiger partial charge in [0.2, 0.25) is 0 Å². The van der Waals surface area contributed by atoms with Gasteiger partial charge in [-0.2, -0.15) is 13.2 Å². The number of hydrogen-bond donors (Lipinski definition) is 0. The van der Waals surface area contributed by atoms with Crippen LogP contribution < -0.4 is 0 Å². The molecular formula is C16H14Cl2F3NO2. The normalized spacial score (nSPS) is 11.6. The third-order valence-electron chi connectivity index (χ3n) is 3.31. The van der Waals surface area contributed by atoms with Gasteiger partial charge < -0.3 is 9.30 Å². The number of aryl methyl sites for hydroxylation is 1. The molecule has 1 aromatic carbocycles. The molecule has 1 heterocycles. The van der Waals surface area contributed by atoms with Crippen molar-refractivity contribution in [3.05, 3.63) is 46.2 Å². The van der Waals surface area contributed by atoms with Crippen LogP contribution in [0.1, 0.15) is 18.9 Å². The first-order valence-electron chi connectivity index (χ1n) is 7.11. The molecule has 0 saturated heterocycles. The SMILES string of the molecule is CCOC(=O)CCn1cc(-c2cccc(Cl)c2Cl)c(C(F)(F)F)c1. The average molecular weight is 380 g/mol. The molecule has 2 rings (SSSR count). The van der Waals surface area contributed by atoms with Crippen LogP contribution in [0.4, 0.5) is 13.2 Å². The van der Waals surface area contributed by atoms with Crippen LogP contribution in [0.2, 0.25) is 10.0 Å². The summed E-state index contributed by atoms with van der Waals surface area (Å²) in [6, 6.07) is 4.49. The largest absolute Gasteiger partial charge is 0.466 e. The van der Waals surface area contributed by atoms with Gasteiger partial charge in [0, 0.05) is 30.1 Å². The average Bonchev–Trinajstić information content (AvgIpc) is 2.92. The van der Waals surface area contributed by atoms with Crippen LogP contribution >= 0.6 is 23.2 Å². The Bertz CT molecular complexity index is 741. The van der Waals surface area contributed by atoms with Gasteiger partial charge >= 0.3 is 12.1 Å². The Labute approximate surface area is 146 Å². The Morgan fingerprint density at radius 1 is 1.21 bits per heavy atom. The van der Waals surface area contributed by atoms with Gasteiger partial charge in [0.1, 0.15) is 0 Å². The Kier molecular flexibility index (Phi) is 5.83. The number of benzene rings is 1. The predicted molar refractivity (Wildman–Crippen MR) is 86.1 cm³/mol. The first-order chi connectivity index (χ1) is 11.2. The molecule has 2 aromatic rings. The Balaban J connectivity index is 2.40. The van der Waals surface area contributed by atoms with E-state index in [1.54, 1.807) is 6.92 Å². The second-order valence-electron chi connectivity index (χ2n) is 4.98. The molecule has 0 spiro atoms. The number of carbonyl (C=O) groups is 1. The van der Waals surface area contributed by atoms with Crippen LogP contribution in [0.15, 0.2) is 30.6 Å². The van der Waals surface area contributed by atoms with Crippen LogP contribution in [0.3, 0.4) is 0 Å². The van der Waals surface area contributed by atoms with Crippen LogP contribution in [0, 0.1) is 0 Å². The molecule has 130 valence electrons. The molecule has 0 N–H and O–H groups in total. The molecular weight excluding hydrogens is 366 g/mol. The highest BCUT2D eigenvalue weighted by Gasteiger charge is 2.35. The van der Waals surface area contributed by atoms with E-state index >= 15 is 0 Å². The zero-order valence-electron chi connectivity index (χ0n) is 12.7. The lowest BCUT2D eigenvalue weighted by Gasteiger charge is -2.09. The molecule has 0 unspecified atom stereocenters. The van der Waals surface area contributed by atoms with Crippen molar-refractivity contribution in [3.8, 4) is 11.1 Å². The summed E-state index contributed by atoms with van der Waals surface area (Å²) < 4.78 is 46.0. The van der Waals surface area contributed by atoms with Crippen molar-refractivity contribution >= 4 is 29.2 Å². The second-order valence-corrected chi connectivity index (χ2v) is 5.76. The van der Waals surface area contributed by atoms with Crippen molar-refractivity contribution in [1.29, 1.82) is 0 Å². The number of alkyl halides is 3. The molecule has 0 aliphatic rings. The van der Waals surface area contributed by atoms with Gasteiger partial charge in [0.15, 0.2) is 0 Å². The highest BCUT2D eigenvalue weighted by atomic mass is 35.5. The van der Waals surface area contributed by atoms with Gasteiger partial charge in [0.25, 0.3) is 0 Å². The molecule has 0 aliphatic heterocycles. The summed E-state index contributed by atoms with van der Waals surface area (Å²) in [5, 5.41) is 0.217. The maximum atomic E-state index is 13.3. The summed E-state index contributed by atoms with van der Waals surface area (Å²) in [5.41, 5.74) is -0.735. The molecule has 0 saturated carbocycles. The summed E-state index contributed by atoms with van der Waals surface area (Å²) in [6.45, 7) is 1.95. The third kappa shape index (κ3) is 4.24. The van der Waals surface area contributed by atoms with Crippen molar-refractivity contribution in [2.45, 2.75) is 26.1 Å². The quantitative estimate of drug-likeness (QED) is 0.648. The maximum absolute atomic E-state index is 13.3.